The van der Waals surface area contributed by atoms with Crippen molar-refractivity contribution in [2.75, 3.05) is 13.1 Å². The Morgan fingerprint density at radius 1 is 1.48 bits per heavy atom. The third-order valence-corrected chi connectivity index (χ3v) is 4.27. The van der Waals surface area contributed by atoms with Gasteiger partial charge in [0.25, 0.3) is 0 Å². The smallest absolute Gasteiger partial charge is 0.181 e. The van der Waals surface area contributed by atoms with Gasteiger partial charge in [-0.3, -0.25) is 14.5 Å². The Morgan fingerprint density at radius 2 is 2.30 bits per heavy atom. The lowest BCUT2D eigenvalue weighted by molar-refractivity contribution is 0.0958. The summed E-state index contributed by atoms with van der Waals surface area (Å²) in [6.45, 7) is 3.38. The second kappa shape index (κ2) is 6.21. The molecule has 2 aromatic rings. The van der Waals surface area contributed by atoms with E-state index in [1.807, 2.05) is 26.2 Å². The molecule has 3 heterocycles. The summed E-state index contributed by atoms with van der Waals surface area (Å²) in [4.78, 5) is 18.4. The van der Waals surface area contributed by atoms with E-state index in [1.54, 1.807) is 21.8 Å². The van der Waals surface area contributed by atoms with Gasteiger partial charge < -0.3 is 4.90 Å². The number of aryl methyl sites for hydroxylation is 2. The quantitative estimate of drug-likeness (QED) is 0.639. The highest BCUT2D eigenvalue weighted by Crippen LogP contribution is 2.23. The molecule has 2 aromatic heterocycles. The lowest BCUT2D eigenvalue weighted by atomic mass is 9.99. The molecule has 0 unspecified atom stereocenters. The van der Waals surface area contributed by atoms with Crippen molar-refractivity contribution in [1.29, 1.82) is 5.26 Å². The molecule has 0 N–H and O–H groups in total. The average molecular weight is 309 g/mol. The van der Waals surface area contributed by atoms with Crippen LogP contribution in [-0.4, -0.2) is 38.5 Å². The van der Waals surface area contributed by atoms with Gasteiger partial charge in [-0.1, -0.05) is 6.07 Å². The molecule has 0 saturated carbocycles. The fraction of sp³-hybridized carbons (Fsp3) is 0.412. The number of rotatable bonds is 4. The van der Waals surface area contributed by atoms with Crippen molar-refractivity contribution in [3.8, 4) is 17.3 Å². The van der Waals surface area contributed by atoms with Crippen LogP contribution in [0, 0.1) is 24.3 Å². The van der Waals surface area contributed by atoms with Crippen LogP contribution in [0.25, 0.3) is 11.1 Å². The molecule has 23 heavy (non-hydrogen) atoms. The Balaban J connectivity index is 1.69. The Morgan fingerprint density at radius 3 is 2.87 bits per heavy atom. The van der Waals surface area contributed by atoms with Crippen LogP contribution in [-0.2, 0) is 7.05 Å². The maximum atomic E-state index is 12.3. The lowest BCUT2D eigenvalue weighted by Crippen LogP contribution is -2.16. The summed E-state index contributed by atoms with van der Waals surface area (Å²) in [5.41, 5.74) is 3.42. The molecular weight excluding hydrogens is 290 g/mol. The number of carbonyl (C=O) groups is 1. The van der Waals surface area contributed by atoms with E-state index < -0.39 is 0 Å². The van der Waals surface area contributed by atoms with Crippen molar-refractivity contribution in [2.45, 2.75) is 19.8 Å². The molecule has 0 aliphatic carbocycles. The number of pyridine rings is 1. The van der Waals surface area contributed by atoms with E-state index in [0.29, 0.717) is 18.7 Å². The number of Topliss-reactive ketones (excluding diaryl/α,β-unsaturated/α-hetero) is 1. The van der Waals surface area contributed by atoms with Crippen molar-refractivity contribution >= 4 is 5.78 Å². The maximum Gasteiger partial charge on any atom is 0.181 e. The number of carbonyl (C=O) groups excluding carboxylic acids is 1. The number of likely N-dealkylation sites (tertiary alicyclic amines) is 1. The van der Waals surface area contributed by atoms with Crippen LogP contribution in [0.2, 0.25) is 0 Å². The molecule has 3 rings (SSSR count). The number of hydrogen-bond donors (Lipinski definition) is 0. The number of aromatic nitrogens is 3. The van der Waals surface area contributed by atoms with Crippen molar-refractivity contribution in [3.63, 3.8) is 0 Å². The zero-order chi connectivity index (χ0) is 16.4. The molecule has 1 saturated heterocycles. The van der Waals surface area contributed by atoms with Crippen molar-refractivity contribution in [3.05, 3.63) is 35.9 Å². The fourth-order valence-electron chi connectivity index (χ4n) is 3.06. The van der Waals surface area contributed by atoms with Crippen LogP contribution in [0.3, 0.4) is 0 Å². The number of nitrogens with zero attached hydrogens (tertiary/aromatic N) is 5. The SMILES string of the molecule is Cc1nn(C)cc1-c1ccc(C(=O)C[C@@H]2CCN(C#N)C2)nc1. The Labute approximate surface area is 135 Å². The first kappa shape index (κ1) is 15.2. The molecule has 0 aromatic carbocycles. The maximum absolute atomic E-state index is 12.3. The molecule has 118 valence electrons. The third-order valence-electron chi connectivity index (χ3n) is 4.27. The van der Waals surface area contributed by atoms with Crippen molar-refractivity contribution in [2.24, 2.45) is 13.0 Å². The van der Waals surface area contributed by atoms with Gasteiger partial charge >= 0.3 is 0 Å². The van der Waals surface area contributed by atoms with Crippen molar-refractivity contribution in [1.82, 2.24) is 19.7 Å². The summed E-state index contributed by atoms with van der Waals surface area (Å²) in [7, 11) is 1.88. The largest absolute Gasteiger partial charge is 0.310 e. The minimum absolute atomic E-state index is 0.0456. The summed E-state index contributed by atoms with van der Waals surface area (Å²) >= 11 is 0. The minimum atomic E-state index is 0.0456. The normalized spacial score (nSPS) is 17.3. The second-order valence-corrected chi connectivity index (χ2v) is 6.06. The molecule has 0 spiro atoms. The lowest BCUT2D eigenvalue weighted by Gasteiger charge is -2.08. The van der Waals surface area contributed by atoms with E-state index in [2.05, 4.69) is 16.3 Å². The summed E-state index contributed by atoms with van der Waals surface area (Å²) in [5.74, 6) is 0.299. The van der Waals surface area contributed by atoms with Gasteiger partial charge in [0.05, 0.1) is 5.69 Å². The first-order chi connectivity index (χ1) is 11.1. The van der Waals surface area contributed by atoms with Gasteiger partial charge in [0.1, 0.15) is 5.69 Å². The summed E-state index contributed by atoms with van der Waals surface area (Å²) < 4.78 is 1.77. The number of nitriles is 1. The van der Waals surface area contributed by atoms with Crippen LogP contribution in [0.1, 0.15) is 29.0 Å². The van der Waals surface area contributed by atoms with E-state index in [-0.39, 0.29) is 11.7 Å². The second-order valence-electron chi connectivity index (χ2n) is 6.06. The van der Waals surface area contributed by atoms with E-state index in [4.69, 9.17) is 5.26 Å². The minimum Gasteiger partial charge on any atom is -0.310 e. The number of hydrogen-bond acceptors (Lipinski definition) is 5. The first-order valence-electron chi connectivity index (χ1n) is 7.71. The number of ketones is 1. The predicted octanol–water partition coefficient (Wildman–Crippen LogP) is 2.17. The molecular formula is C17H19N5O. The fourth-order valence-corrected chi connectivity index (χ4v) is 3.06. The van der Waals surface area contributed by atoms with Crippen LogP contribution < -0.4 is 0 Å². The zero-order valence-electron chi connectivity index (χ0n) is 13.4. The first-order valence-corrected chi connectivity index (χ1v) is 7.71. The van der Waals surface area contributed by atoms with Crippen LogP contribution >= 0.6 is 0 Å². The van der Waals surface area contributed by atoms with Crippen molar-refractivity contribution < 1.29 is 4.79 Å². The Kier molecular flexibility index (Phi) is 4.11. The van der Waals surface area contributed by atoms with Gasteiger partial charge in [-0.2, -0.15) is 10.4 Å². The van der Waals surface area contributed by atoms with Gasteiger partial charge in [0.2, 0.25) is 0 Å². The summed E-state index contributed by atoms with van der Waals surface area (Å²) in [6, 6.07) is 3.70. The molecule has 6 nitrogen and oxygen atoms in total. The highest BCUT2D eigenvalue weighted by atomic mass is 16.1. The highest BCUT2D eigenvalue weighted by molar-refractivity contribution is 5.94. The summed E-state index contributed by atoms with van der Waals surface area (Å²) in [6.07, 6.45) is 7.17. The van der Waals surface area contributed by atoms with E-state index in [9.17, 15) is 4.79 Å². The molecule has 0 radical (unpaired) electrons. The van der Waals surface area contributed by atoms with Gasteiger partial charge in [-0.15, -0.1) is 0 Å². The Hall–Kier alpha value is -2.68. The molecule has 0 amide bonds. The monoisotopic (exact) mass is 309 g/mol. The van der Waals surface area contributed by atoms with E-state index in [1.165, 1.54) is 0 Å². The Bertz CT molecular complexity index is 756. The molecule has 1 fully saturated rings. The van der Waals surface area contributed by atoms with Gasteiger partial charge in [-0.25, -0.2) is 0 Å². The van der Waals surface area contributed by atoms with Gasteiger partial charge in [-0.05, 0) is 25.3 Å². The van der Waals surface area contributed by atoms with Crippen LogP contribution in [0.15, 0.2) is 24.5 Å². The van der Waals surface area contributed by atoms with Crippen LogP contribution in [0.4, 0.5) is 0 Å². The molecule has 1 atom stereocenters. The predicted molar refractivity (Wildman–Crippen MR) is 85.4 cm³/mol. The highest BCUT2D eigenvalue weighted by Gasteiger charge is 2.24. The topological polar surface area (TPSA) is 74.8 Å². The summed E-state index contributed by atoms with van der Waals surface area (Å²) in [5, 5.41) is 13.2. The van der Waals surface area contributed by atoms with Gasteiger partial charge in [0.15, 0.2) is 12.0 Å². The molecule has 0 bridgehead atoms. The third kappa shape index (κ3) is 3.24. The molecule has 1 aliphatic heterocycles. The van der Waals surface area contributed by atoms with E-state index >= 15 is 0 Å². The zero-order valence-corrected chi connectivity index (χ0v) is 13.4. The molecule has 1 aliphatic rings. The molecule has 6 heteroatoms. The van der Waals surface area contributed by atoms with E-state index in [0.717, 1.165) is 29.8 Å². The average Bonchev–Trinajstić information content (AvgIpc) is 3.13. The van der Waals surface area contributed by atoms with Gasteiger partial charge in [0, 0.05) is 50.1 Å². The standard InChI is InChI=1S/C17H19N5O/c1-12-15(10-21(2)20-12)14-3-4-16(19-8-14)17(23)7-13-5-6-22(9-13)11-18/h3-4,8,10,13H,5-7,9H2,1-2H3/t13-/m0/s1. The van der Waals surface area contributed by atoms with Crippen LogP contribution in [0.5, 0.6) is 0 Å².